The monoisotopic (exact) mass is 331 g/mol. The van der Waals surface area contributed by atoms with E-state index in [0.717, 1.165) is 15.9 Å². The normalized spacial score (nSPS) is 9.54. The molecule has 0 aliphatic carbocycles. The second-order valence-electron chi connectivity index (χ2n) is 1.92. The lowest BCUT2D eigenvalue weighted by molar-refractivity contribution is -0.118. The lowest BCUT2D eigenvalue weighted by atomic mass is 10.5. The standard InChI is InChI=1S/C7H10INO2S2/c8-1-3-12-13-4-2-11-6-7(10)5-9/h1-4,6H2. The van der Waals surface area contributed by atoms with Crippen LogP contribution in [0.25, 0.3) is 0 Å². The molecule has 0 rings (SSSR count). The quantitative estimate of drug-likeness (QED) is 0.224. The van der Waals surface area contributed by atoms with E-state index in [4.69, 9.17) is 10.00 Å². The first-order chi connectivity index (χ1) is 6.31. The van der Waals surface area contributed by atoms with Gasteiger partial charge in [0.25, 0.3) is 5.78 Å². The summed E-state index contributed by atoms with van der Waals surface area (Å²) in [5, 5.41) is 8.12. The summed E-state index contributed by atoms with van der Waals surface area (Å²) in [5.74, 6) is 1.48. The van der Waals surface area contributed by atoms with Crippen LogP contribution in [0.15, 0.2) is 0 Å². The van der Waals surface area contributed by atoms with E-state index in [2.05, 4.69) is 22.6 Å². The summed E-state index contributed by atoms with van der Waals surface area (Å²) in [4.78, 5) is 10.4. The zero-order chi connectivity index (χ0) is 9.94. The zero-order valence-corrected chi connectivity index (χ0v) is 10.8. The van der Waals surface area contributed by atoms with E-state index in [-0.39, 0.29) is 6.61 Å². The van der Waals surface area contributed by atoms with Crippen molar-refractivity contribution in [3.05, 3.63) is 0 Å². The molecule has 0 aromatic heterocycles. The van der Waals surface area contributed by atoms with Gasteiger partial charge < -0.3 is 4.74 Å². The molecule has 0 saturated heterocycles. The lowest BCUT2D eigenvalue weighted by Gasteiger charge is -1.99. The van der Waals surface area contributed by atoms with Crippen molar-refractivity contribution in [1.29, 1.82) is 5.26 Å². The first-order valence-electron chi connectivity index (χ1n) is 3.62. The second kappa shape index (κ2) is 10.6. The average molecular weight is 331 g/mol. The van der Waals surface area contributed by atoms with Gasteiger partial charge in [-0.05, 0) is 0 Å². The zero-order valence-electron chi connectivity index (χ0n) is 6.99. The third-order valence-electron chi connectivity index (χ3n) is 0.913. The highest BCUT2D eigenvalue weighted by Crippen LogP contribution is 2.20. The van der Waals surface area contributed by atoms with Gasteiger partial charge in [0.15, 0.2) is 0 Å². The van der Waals surface area contributed by atoms with E-state index in [0.29, 0.717) is 6.61 Å². The summed E-state index contributed by atoms with van der Waals surface area (Å²) in [6.45, 7) is 0.459. The Labute approximate surface area is 99.5 Å². The van der Waals surface area contributed by atoms with Crippen molar-refractivity contribution >= 4 is 50.0 Å². The molecule has 0 atom stereocenters. The number of Topliss-reactive ketones (excluding diaryl/α,β-unsaturated/α-hetero) is 1. The molecule has 74 valence electrons. The van der Waals surface area contributed by atoms with Crippen LogP contribution in [-0.2, 0) is 9.53 Å². The maximum absolute atomic E-state index is 10.4. The first kappa shape index (κ1) is 13.5. The summed E-state index contributed by atoms with van der Waals surface area (Å²) >= 11 is 2.32. The van der Waals surface area contributed by atoms with E-state index < -0.39 is 5.78 Å². The topological polar surface area (TPSA) is 50.1 Å². The lowest BCUT2D eigenvalue weighted by Crippen LogP contribution is -2.07. The van der Waals surface area contributed by atoms with Crippen LogP contribution in [0, 0.1) is 11.3 Å². The summed E-state index contributed by atoms with van der Waals surface area (Å²) in [6.07, 6.45) is 0. The number of hydrogen-bond acceptors (Lipinski definition) is 5. The van der Waals surface area contributed by atoms with E-state index in [1.165, 1.54) is 6.07 Å². The minimum atomic E-state index is -0.509. The second-order valence-corrected chi connectivity index (χ2v) is 5.70. The minimum absolute atomic E-state index is 0.0754. The molecule has 0 amide bonds. The number of nitriles is 1. The largest absolute Gasteiger partial charge is 0.372 e. The fraction of sp³-hybridized carbons (Fsp3) is 0.714. The molecular weight excluding hydrogens is 321 g/mol. The molecule has 0 bridgehead atoms. The van der Waals surface area contributed by atoms with Gasteiger partial charge in [-0.25, -0.2) is 0 Å². The number of ether oxygens (including phenoxy) is 1. The highest BCUT2D eigenvalue weighted by molar-refractivity contribution is 14.1. The number of carbonyl (C=O) groups excluding carboxylic acids is 1. The molecule has 0 aliphatic rings. The summed E-state index contributed by atoms with van der Waals surface area (Å²) in [5.41, 5.74) is 0. The molecule has 0 unspecified atom stereocenters. The van der Waals surface area contributed by atoms with Gasteiger partial charge in [-0.15, -0.1) is 0 Å². The molecule has 0 N–H and O–H groups in total. The van der Waals surface area contributed by atoms with Crippen LogP contribution >= 0.6 is 44.2 Å². The minimum Gasteiger partial charge on any atom is -0.372 e. The summed E-state index contributed by atoms with van der Waals surface area (Å²) in [7, 11) is 3.53. The van der Waals surface area contributed by atoms with Crippen LogP contribution < -0.4 is 0 Å². The van der Waals surface area contributed by atoms with E-state index >= 15 is 0 Å². The van der Waals surface area contributed by atoms with Crippen molar-refractivity contribution in [2.75, 3.05) is 29.1 Å². The van der Waals surface area contributed by atoms with E-state index in [1.807, 2.05) is 0 Å². The predicted octanol–water partition coefficient (Wildman–Crippen LogP) is 1.91. The molecule has 0 aromatic carbocycles. The summed E-state index contributed by atoms with van der Waals surface area (Å²) < 4.78 is 6.10. The highest BCUT2D eigenvalue weighted by atomic mass is 127. The fourth-order valence-corrected chi connectivity index (χ4v) is 3.64. The molecule has 0 spiro atoms. The maximum Gasteiger partial charge on any atom is 0.257 e. The Morgan fingerprint density at radius 2 is 2.15 bits per heavy atom. The van der Waals surface area contributed by atoms with Gasteiger partial charge in [0, 0.05) is 15.9 Å². The van der Waals surface area contributed by atoms with Gasteiger partial charge in [0.05, 0.1) is 6.61 Å². The van der Waals surface area contributed by atoms with Gasteiger partial charge in [0.2, 0.25) is 0 Å². The Kier molecular flexibility index (Phi) is 11.1. The van der Waals surface area contributed by atoms with Crippen molar-refractivity contribution in [3.63, 3.8) is 0 Å². The van der Waals surface area contributed by atoms with Crippen LogP contribution in [0.5, 0.6) is 0 Å². The Bertz CT molecular complexity index is 184. The smallest absolute Gasteiger partial charge is 0.257 e. The number of rotatable bonds is 8. The Balaban J connectivity index is 3.00. The van der Waals surface area contributed by atoms with Gasteiger partial charge in [-0.1, -0.05) is 44.2 Å². The Morgan fingerprint density at radius 3 is 2.77 bits per heavy atom. The molecular formula is C7H10INO2S2. The predicted molar refractivity (Wildman–Crippen MR) is 65.2 cm³/mol. The molecule has 0 heterocycles. The van der Waals surface area contributed by atoms with Gasteiger partial charge in [-0.3, -0.25) is 4.79 Å². The van der Waals surface area contributed by atoms with Gasteiger partial charge in [-0.2, -0.15) is 5.26 Å². The highest BCUT2D eigenvalue weighted by Gasteiger charge is 1.97. The third kappa shape index (κ3) is 10.5. The summed E-state index contributed by atoms with van der Waals surface area (Å²) in [6, 6.07) is 1.50. The SMILES string of the molecule is N#CC(=O)COCCSSCCI. The van der Waals surface area contributed by atoms with Crippen LogP contribution in [0.4, 0.5) is 0 Å². The van der Waals surface area contributed by atoms with E-state index in [1.54, 1.807) is 21.6 Å². The molecule has 0 radical (unpaired) electrons. The number of carbonyl (C=O) groups is 1. The molecule has 0 aromatic rings. The van der Waals surface area contributed by atoms with Crippen molar-refractivity contribution < 1.29 is 9.53 Å². The van der Waals surface area contributed by atoms with Crippen LogP contribution in [-0.4, -0.2) is 34.9 Å². The molecule has 3 nitrogen and oxygen atoms in total. The number of nitrogens with zero attached hydrogens (tertiary/aromatic N) is 1. The van der Waals surface area contributed by atoms with Crippen molar-refractivity contribution in [2.24, 2.45) is 0 Å². The average Bonchev–Trinajstić information content (AvgIpc) is 2.16. The molecule has 0 saturated carbocycles. The molecule has 6 heteroatoms. The molecule has 0 fully saturated rings. The number of alkyl halides is 1. The van der Waals surface area contributed by atoms with Crippen LogP contribution in [0.1, 0.15) is 0 Å². The van der Waals surface area contributed by atoms with Crippen molar-refractivity contribution in [1.82, 2.24) is 0 Å². The number of halogens is 1. The van der Waals surface area contributed by atoms with Crippen LogP contribution in [0.3, 0.4) is 0 Å². The molecule has 0 aliphatic heterocycles. The van der Waals surface area contributed by atoms with E-state index in [9.17, 15) is 4.79 Å². The Morgan fingerprint density at radius 1 is 1.46 bits per heavy atom. The Hall–Kier alpha value is 0.550. The first-order valence-corrected chi connectivity index (χ1v) is 7.63. The third-order valence-corrected chi connectivity index (χ3v) is 4.55. The van der Waals surface area contributed by atoms with Crippen LogP contribution in [0.2, 0.25) is 0 Å². The van der Waals surface area contributed by atoms with Crippen molar-refractivity contribution in [3.8, 4) is 6.07 Å². The maximum atomic E-state index is 10.4. The number of hydrogen-bond donors (Lipinski definition) is 0. The van der Waals surface area contributed by atoms with Gasteiger partial charge in [0.1, 0.15) is 12.7 Å². The van der Waals surface area contributed by atoms with Gasteiger partial charge >= 0.3 is 0 Å². The van der Waals surface area contributed by atoms with Crippen molar-refractivity contribution in [2.45, 2.75) is 0 Å². The number of ketones is 1. The fourth-order valence-electron chi connectivity index (χ4n) is 0.439. The molecule has 13 heavy (non-hydrogen) atoms.